The van der Waals surface area contributed by atoms with E-state index in [0.29, 0.717) is 31.0 Å². The van der Waals surface area contributed by atoms with E-state index in [2.05, 4.69) is 36.4 Å². The summed E-state index contributed by atoms with van der Waals surface area (Å²) in [6.45, 7) is 7.40. The van der Waals surface area contributed by atoms with E-state index in [0.717, 1.165) is 46.4 Å². The lowest BCUT2D eigenvalue weighted by Crippen LogP contribution is -2.49. The van der Waals surface area contributed by atoms with Crippen LogP contribution in [0.4, 0.5) is 10.1 Å². The zero-order valence-electron chi connectivity index (χ0n) is 22.0. The minimum Gasteiger partial charge on any atom is -0.369 e. The van der Waals surface area contributed by atoms with Crippen LogP contribution in [0.5, 0.6) is 0 Å². The van der Waals surface area contributed by atoms with E-state index in [9.17, 15) is 9.18 Å². The van der Waals surface area contributed by atoms with Crippen LogP contribution in [0.3, 0.4) is 0 Å². The quantitative estimate of drug-likeness (QED) is 0.359. The number of nitrogens with zero attached hydrogens (tertiary/aromatic N) is 6. The van der Waals surface area contributed by atoms with Crippen LogP contribution in [0.2, 0.25) is 0 Å². The molecule has 39 heavy (non-hydrogen) atoms. The minimum absolute atomic E-state index is 0.142. The van der Waals surface area contributed by atoms with Crippen molar-refractivity contribution in [3.63, 3.8) is 0 Å². The Balaban J connectivity index is 1.39. The largest absolute Gasteiger partial charge is 0.369 e. The smallest absolute Gasteiger partial charge is 0.253 e. The third-order valence-corrected chi connectivity index (χ3v) is 7.72. The summed E-state index contributed by atoms with van der Waals surface area (Å²) in [4.78, 5) is 21.3. The van der Waals surface area contributed by atoms with Gasteiger partial charge in [-0.05, 0) is 76.7 Å². The fourth-order valence-electron chi connectivity index (χ4n) is 5.41. The Kier molecular flexibility index (Phi) is 6.66. The van der Waals surface area contributed by atoms with Gasteiger partial charge in [-0.15, -0.1) is 5.10 Å². The molecule has 1 unspecified atom stereocenters. The number of H-pyrrole nitrogens is 1. The average Bonchev–Trinajstić information content (AvgIpc) is 3.40. The van der Waals surface area contributed by atoms with Gasteiger partial charge < -0.3 is 9.88 Å². The number of anilines is 1. The van der Waals surface area contributed by atoms with E-state index in [4.69, 9.17) is 0 Å². The van der Waals surface area contributed by atoms with E-state index >= 15 is 0 Å². The summed E-state index contributed by atoms with van der Waals surface area (Å²) in [7, 11) is 0. The number of aromatic nitrogens is 5. The van der Waals surface area contributed by atoms with Gasteiger partial charge >= 0.3 is 0 Å². The van der Waals surface area contributed by atoms with Crippen LogP contribution in [0.1, 0.15) is 34.1 Å². The summed E-state index contributed by atoms with van der Waals surface area (Å²) < 4.78 is 15.3. The first-order valence-electron chi connectivity index (χ1n) is 13.2. The Morgan fingerprint density at radius 3 is 2.44 bits per heavy atom. The van der Waals surface area contributed by atoms with Crippen molar-refractivity contribution < 1.29 is 4.39 Å². The molecule has 198 valence electrons. The SMILES string of the molecule is Cc1ccc2cc(C(c3nnnn3Cc3ccccc3)N3CCN(c4ccc(F)cc4)CC3)c(=O)[nH]c2c1C. The van der Waals surface area contributed by atoms with Gasteiger partial charge in [0, 0.05) is 37.4 Å². The van der Waals surface area contributed by atoms with Gasteiger partial charge in [-0.3, -0.25) is 9.69 Å². The van der Waals surface area contributed by atoms with Crippen LogP contribution in [-0.2, 0) is 6.54 Å². The molecule has 0 amide bonds. The topological polar surface area (TPSA) is 82.9 Å². The lowest BCUT2D eigenvalue weighted by molar-refractivity contribution is 0.200. The van der Waals surface area contributed by atoms with E-state index in [1.807, 2.05) is 56.3 Å². The van der Waals surface area contributed by atoms with E-state index in [1.54, 1.807) is 16.8 Å². The molecule has 1 atom stereocenters. The summed E-state index contributed by atoms with van der Waals surface area (Å²) in [5.74, 6) is 0.381. The molecule has 9 heteroatoms. The molecular weight excluding hydrogens is 493 g/mol. The van der Waals surface area contributed by atoms with E-state index < -0.39 is 6.04 Å². The number of piperazine rings is 1. The summed E-state index contributed by atoms with van der Waals surface area (Å²) in [6, 6.07) is 22.3. The summed E-state index contributed by atoms with van der Waals surface area (Å²) in [6.07, 6.45) is 0. The number of benzene rings is 3. The molecule has 0 bridgehead atoms. The Labute approximate surface area is 225 Å². The van der Waals surface area contributed by atoms with Crippen molar-refractivity contribution in [1.82, 2.24) is 30.1 Å². The average molecular weight is 524 g/mol. The number of nitrogens with one attached hydrogen (secondary N) is 1. The number of fused-ring (bicyclic) bond motifs is 1. The second kappa shape index (κ2) is 10.4. The number of halogens is 1. The molecule has 0 spiro atoms. The maximum absolute atomic E-state index is 13.7. The molecule has 1 aliphatic rings. The Hall–Kier alpha value is -4.37. The molecule has 6 rings (SSSR count). The molecule has 3 aromatic carbocycles. The summed E-state index contributed by atoms with van der Waals surface area (Å²) in [5.41, 5.74) is 5.58. The maximum Gasteiger partial charge on any atom is 0.253 e. The second-order valence-electron chi connectivity index (χ2n) is 10.1. The molecule has 0 aliphatic carbocycles. The van der Waals surface area contributed by atoms with Crippen molar-refractivity contribution in [1.29, 1.82) is 0 Å². The molecule has 3 heterocycles. The zero-order chi connectivity index (χ0) is 26.9. The van der Waals surface area contributed by atoms with E-state index in [1.165, 1.54) is 12.1 Å². The van der Waals surface area contributed by atoms with Crippen LogP contribution in [0.25, 0.3) is 10.9 Å². The molecular formula is C30H30FN7O. The predicted molar refractivity (Wildman–Crippen MR) is 149 cm³/mol. The predicted octanol–water partition coefficient (Wildman–Crippen LogP) is 4.23. The minimum atomic E-state index is -0.436. The number of aryl methyl sites for hydroxylation is 2. The van der Waals surface area contributed by atoms with Gasteiger partial charge in [-0.1, -0.05) is 42.5 Å². The van der Waals surface area contributed by atoms with Crippen molar-refractivity contribution in [3.05, 3.63) is 117 Å². The lowest BCUT2D eigenvalue weighted by atomic mass is 9.99. The van der Waals surface area contributed by atoms with Gasteiger partial charge in [0.1, 0.15) is 11.9 Å². The highest BCUT2D eigenvalue weighted by molar-refractivity contribution is 5.83. The fraction of sp³-hybridized carbons (Fsp3) is 0.267. The van der Waals surface area contributed by atoms with Gasteiger partial charge in [0.05, 0.1) is 12.1 Å². The van der Waals surface area contributed by atoms with Gasteiger partial charge in [-0.2, -0.15) is 0 Å². The number of aromatic amines is 1. The van der Waals surface area contributed by atoms with Crippen LogP contribution in [-0.4, -0.2) is 56.3 Å². The highest BCUT2D eigenvalue weighted by Gasteiger charge is 2.33. The molecule has 0 saturated carbocycles. The first-order valence-corrected chi connectivity index (χ1v) is 13.2. The number of rotatable bonds is 6. The summed E-state index contributed by atoms with van der Waals surface area (Å²) >= 11 is 0. The van der Waals surface area contributed by atoms with Crippen molar-refractivity contribution in [2.45, 2.75) is 26.4 Å². The molecule has 1 aliphatic heterocycles. The lowest BCUT2D eigenvalue weighted by Gasteiger charge is -2.39. The standard InChI is InChI=1S/C30H30FN7O/c1-20-8-9-23-18-26(30(39)32-27(23)21(20)2)28(29-33-34-35-38(29)19-22-6-4-3-5-7-22)37-16-14-36(15-17-37)25-12-10-24(31)11-13-25/h3-13,18,28H,14-17,19H2,1-2H3,(H,32,39). The highest BCUT2D eigenvalue weighted by Crippen LogP contribution is 2.30. The maximum atomic E-state index is 13.7. The number of pyridine rings is 1. The molecule has 5 aromatic rings. The third kappa shape index (κ3) is 4.93. The van der Waals surface area contributed by atoms with Gasteiger partial charge in [0.2, 0.25) is 0 Å². The van der Waals surface area contributed by atoms with Crippen molar-refractivity contribution in [2.75, 3.05) is 31.1 Å². The van der Waals surface area contributed by atoms with Crippen molar-refractivity contribution in [2.24, 2.45) is 0 Å². The van der Waals surface area contributed by atoms with Crippen molar-refractivity contribution in [3.8, 4) is 0 Å². The molecule has 2 aromatic heterocycles. The number of tetrazole rings is 1. The zero-order valence-corrected chi connectivity index (χ0v) is 22.0. The van der Waals surface area contributed by atoms with Crippen LogP contribution >= 0.6 is 0 Å². The molecule has 0 radical (unpaired) electrons. The Bertz CT molecular complexity index is 1660. The van der Waals surface area contributed by atoms with Crippen LogP contribution < -0.4 is 10.5 Å². The highest BCUT2D eigenvalue weighted by atomic mass is 19.1. The first-order chi connectivity index (χ1) is 19.0. The monoisotopic (exact) mass is 523 g/mol. The van der Waals surface area contributed by atoms with Gasteiger partial charge in [0.15, 0.2) is 5.82 Å². The molecule has 1 saturated heterocycles. The Morgan fingerprint density at radius 2 is 1.69 bits per heavy atom. The molecule has 8 nitrogen and oxygen atoms in total. The third-order valence-electron chi connectivity index (χ3n) is 7.72. The number of hydrogen-bond acceptors (Lipinski definition) is 6. The Morgan fingerprint density at radius 1 is 0.949 bits per heavy atom. The van der Waals surface area contributed by atoms with Gasteiger partial charge in [0.25, 0.3) is 5.56 Å². The second-order valence-corrected chi connectivity index (χ2v) is 10.1. The number of hydrogen-bond donors (Lipinski definition) is 1. The van der Waals surface area contributed by atoms with Crippen LogP contribution in [0, 0.1) is 19.7 Å². The summed E-state index contributed by atoms with van der Waals surface area (Å²) in [5, 5.41) is 13.8. The fourth-order valence-corrected chi connectivity index (χ4v) is 5.41. The molecule has 1 fully saturated rings. The van der Waals surface area contributed by atoms with Gasteiger partial charge in [-0.25, -0.2) is 9.07 Å². The van der Waals surface area contributed by atoms with E-state index in [-0.39, 0.29) is 11.4 Å². The normalized spacial score (nSPS) is 15.1. The van der Waals surface area contributed by atoms with Crippen LogP contribution in [0.15, 0.2) is 77.6 Å². The first kappa shape index (κ1) is 24.9. The molecule has 1 N–H and O–H groups in total. The van der Waals surface area contributed by atoms with Crippen molar-refractivity contribution >= 4 is 16.6 Å².